The van der Waals surface area contributed by atoms with Gasteiger partial charge in [-0.05, 0) is 49.2 Å². The van der Waals surface area contributed by atoms with Gasteiger partial charge in [-0.3, -0.25) is 38.4 Å². The molecule has 0 atom stereocenters. The first-order valence-electron chi connectivity index (χ1n) is 12.4. The van der Waals surface area contributed by atoms with E-state index in [1.165, 1.54) is 60.7 Å². The quantitative estimate of drug-likeness (QED) is 0.510. The van der Waals surface area contributed by atoms with Gasteiger partial charge in [-0.25, -0.2) is 19.6 Å². The summed E-state index contributed by atoms with van der Waals surface area (Å²) in [4.78, 5) is 97.8. The molecule has 0 aromatic heterocycles. The van der Waals surface area contributed by atoms with Gasteiger partial charge in [-0.15, -0.1) is 0 Å². The van der Waals surface area contributed by atoms with Crippen LogP contribution in [-0.2, 0) is 38.4 Å². The van der Waals surface area contributed by atoms with Crippen molar-refractivity contribution in [3.8, 4) is 0 Å². The third-order valence-electron chi connectivity index (χ3n) is 6.62. The molecule has 4 aliphatic rings. The normalized spacial score (nSPS) is 17.6. The molecule has 0 fully saturated rings. The zero-order valence-electron chi connectivity index (χ0n) is 22.1. The number of hydrogen-bond donors (Lipinski definition) is 0. The third kappa shape index (κ3) is 4.77. The Balaban J connectivity index is 0.000000168. The lowest BCUT2D eigenvalue weighted by Crippen LogP contribution is -2.32. The van der Waals surface area contributed by atoms with Gasteiger partial charge in [0, 0.05) is 48.6 Å². The molecular weight excluding hydrogens is 544 g/mol. The summed E-state index contributed by atoms with van der Waals surface area (Å²) in [6, 6.07) is 9.48. The van der Waals surface area contributed by atoms with E-state index in [-0.39, 0.29) is 0 Å². The summed E-state index contributed by atoms with van der Waals surface area (Å²) < 4.78 is 0. The van der Waals surface area contributed by atoms with Gasteiger partial charge >= 0.3 is 0 Å². The highest BCUT2D eigenvalue weighted by Gasteiger charge is 2.31. The van der Waals surface area contributed by atoms with Crippen molar-refractivity contribution in [1.29, 1.82) is 0 Å². The third-order valence-corrected chi connectivity index (χ3v) is 6.62. The van der Waals surface area contributed by atoms with Gasteiger partial charge in [0.15, 0.2) is 0 Å². The highest BCUT2D eigenvalue weighted by molar-refractivity contribution is 6.31. The Morgan fingerprint density at radius 1 is 0.357 bits per heavy atom. The van der Waals surface area contributed by atoms with Gasteiger partial charge < -0.3 is 0 Å². The smallest absolute Gasteiger partial charge is 0.258 e. The molecule has 0 spiro atoms. The maximum atomic E-state index is 11.8. The molecule has 12 nitrogen and oxygen atoms in total. The number of nitrogens with zero attached hydrogens (tertiary/aromatic N) is 4. The number of benzene rings is 2. The number of imide groups is 4. The minimum Gasteiger partial charge on any atom is -0.269 e. The van der Waals surface area contributed by atoms with Crippen molar-refractivity contribution in [2.75, 3.05) is 19.6 Å². The molecule has 0 saturated carbocycles. The second-order valence-electron chi connectivity index (χ2n) is 9.32. The number of rotatable bonds is 4. The Morgan fingerprint density at radius 3 is 0.857 bits per heavy atom. The maximum Gasteiger partial charge on any atom is 0.258 e. The van der Waals surface area contributed by atoms with Crippen molar-refractivity contribution >= 4 is 70.0 Å². The zero-order valence-corrected chi connectivity index (χ0v) is 22.1. The summed E-state index contributed by atoms with van der Waals surface area (Å²) in [6.45, 7) is 3.48. The highest BCUT2D eigenvalue weighted by atomic mass is 16.2. The summed E-state index contributed by atoms with van der Waals surface area (Å²) in [6.07, 6.45) is 9.44. The van der Waals surface area contributed by atoms with Crippen LogP contribution in [0.5, 0.6) is 0 Å². The van der Waals surface area contributed by atoms with Crippen LogP contribution in [-0.4, -0.2) is 47.3 Å². The van der Waals surface area contributed by atoms with Gasteiger partial charge in [-0.1, -0.05) is 12.1 Å². The van der Waals surface area contributed by atoms with Crippen LogP contribution < -0.4 is 19.6 Å². The first-order chi connectivity index (χ1) is 20.0. The summed E-state index contributed by atoms with van der Waals surface area (Å²) in [5, 5.41) is 0. The molecule has 2 aromatic carbocycles. The van der Waals surface area contributed by atoms with Crippen LogP contribution in [0.25, 0.3) is 0 Å². The Hall–Kier alpha value is -6.04. The molecule has 0 aliphatic carbocycles. The van der Waals surface area contributed by atoms with E-state index < -0.39 is 47.3 Å². The molecule has 0 unspecified atom stereocenters. The molecule has 0 saturated heterocycles. The summed E-state index contributed by atoms with van der Waals surface area (Å²) in [5.74, 6) is -3.59. The van der Waals surface area contributed by atoms with Gasteiger partial charge in [0.2, 0.25) is 0 Å². The molecule has 12 heteroatoms. The average molecular weight is 565 g/mol. The van der Waals surface area contributed by atoms with Crippen molar-refractivity contribution in [2.45, 2.75) is 13.8 Å². The van der Waals surface area contributed by atoms with Crippen molar-refractivity contribution in [2.24, 2.45) is 0 Å². The second-order valence-corrected chi connectivity index (χ2v) is 9.32. The molecule has 208 valence electrons. The van der Waals surface area contributed by atoms with E-state index in [0.717, 1.165) is 19.6 Å². The summed E-state index contributed by atoms with van der Waals surface area (Å²) >= 11 is 0. The van der Waals surface area contributed by atoms with Crippen LogP contribution in [0.2, 0.25) is 0 Å². The summed E-state index contributed by atoms with van der Waals surface area (Å²) in [7, 11) is 0. The molecule has 0 bridgehead atoms. The van der Waals surface area contributed by atoms with Gasteiger partial charge in [0.05, 0.1) is 22.7 Å². The molecular formula is C30H20N4O8. The number of carbonyl (C=O) groups is 8. The first kappa shape index (κ1) is 27.5. The van der Waals surface area contributed by atoms with E-state index in [1.807, 2.05) is 0 Å². The molecule has 4 aliphatic heterocycles. The minimum absolute atomic E-state index is 0.322. The van der Waals surface area contributed by atoms with Gasteiger partial charge in [0.25, 0.3) is 47.3 Å². The maximum absolute atomic E-state index is 11.8. The molecule has 0 N–H and O–H groups in total. The van der Waals surface area contributed by atoms with Crippen molar-refractivity contribution < 1.29 is 38.4 Å². The fourth-order valence-corrected chi connectivity index (χ4v) is 4.54. The monoisotopic (exact) mass is 564 g/mol. The standard InChI is InChI=1S/2C15H10N2O4/c2*1-9-2-3-10(16-12(18)4-5-13(16)19)8-11(9)17-14(20)6-7-15(17)21/h2*2-8H,1H3. The van der Waals surface area contributed by atoms with E-state index in [2.05, 4.69) is 0 Å². The minimum atomic E-state index is -0.452. The average Bonchev–Trinajstić information content (AvgIpc) is 3.68. The van der Waals surface area contributed by atoms with Crippen molar-refractivity contribution in [1.82, 2.24) is 0 Å². The number of aryl methyl sites for hydroxylation is 2. The van der Waals surface area contributed by atoms with Crippen molar-refractivity contribution in [3.63, 3.8) is 0 Å². The fraction of sp³-hybridized carbons (Fsp3) is 0.0667. The fourth-order valence-electron chi connectivity index (χ4n) is 4.54. The lowest BCUT2D eigenvalue weighted by Gasteiger charge is -2.20. The van der Waals surface area contributed by atoms with Crippen LogP contribution in [0.1, 0.15) is 11.1 Å². The Morgan fingerprint density at radius 2 is 0.595 bits per heavy atom. The molecule has 8 amide bonds. The zero-order chi connectivity index (χ0) is 30.3. The number of hydrogen-bond acceptors (Lipinski definition) is 8. The van der Waals surface area contributed by atoms with Crippen LogP contribution in [0.3, 0.4) is 0 Å². The lowest BCUT2D eigenvalue weighted by atomic mass is 10.1. The van der Waals surface area contributed by atoms with Crippen LogP contribution in [0.4, 0.5) is 22.7 Å². The molecule has 6 rings (SSSR count). The topological polar surface area (TPSA) is 150 Å². The van der Waals surface area contributed by atoms with E-state index in [1.54, 1.807) is 38.1 Å². The van der Waals surface area contributed by atoms with Crippen LogP contribution in [0.15, 0.2) is 85.0 Å². The van der Waals surface area contributed by atoms with Crippen LogP contribution >= 0.6 is 0 Å². The number of amides is 8. The predicted molar refractivity (Wildman–Crippen MR) is 149 cm³/mol. The molecule has 4 heterocycles. The first-order valence-corrected chi connectivity index (χ1v) is 12.4. The SMILES string of the molecule is Cc1ccc(N2C(=O)C=CC2=O)cc1N1C(=O)C=CC1=O.Cc1ccc(N2C(=O)C=CC2=O)cc1N1C(=O)C=CC1=O. The lowest BCUT2D eigenvalue weighted by molar-refractivity contribution is -0.121. The van der Waals surface area contributed by atoms with E-state index >= 15 is 0 Å². The number of anilines is 4. The Labute approximate surface area is 238 Å². The number of carbonyl (C=O) groups excluding carboxylic acids is 8. The van der Waals surface area contributed by atoms with E-state index in [9.17, 15) is 38.4 Å². The Bertz CT molecular complexity index is 1580. The predicted octanol–water partition coefficient (Wildman–Crippen LogP) is 1.71. The molecule has 2 aromatic rings. The highest BCUT2D eigenvalue weighted by Crippen LogP contribution is 2.31. The summed E-state index contributed by atoms with van der Waals surface area (Å²) in [5.41, 5.74) is 2.75. The van der Waals surface area contributed by atoms with Crippen molar-refractivity contribution in [3.05, 3.63) is 96.1 Å². The van der Waals surface area contributed by atoms with Crippen LogP contribution in [0, 0.1) is 13.8 Å². The van der Waals surface area contributed by atoms with E-state index in [0.29, 0.717) is 33.9 Å². The second kappa shape index (κ2) is 10.5. The van der Waals surface area contributed by atoms with Gasteiger partial charge in [0.1, 0.15) is 0 Å². The van der Waals surface area contributed by atoms with E-state index in [4.69, 9.17) is 0 Å². The van der Waals surface area contributed by atoms with Gasteiger partial charge in [-0.2, -0.15) is 0 Å². The largest absolute Gasteiger partial charge is 0.269 e. The molecule has 42 heavy (non-hydrogen) atoms. The Kier molecular flexibility index (Phi) is 6.88. The molecule has 0 radical (unpaired) electrons.